The van der Waals surface area contributed by atoms with Crippen molar-refractivity contribution in [2.24, 2.45) is 0 Å². The highest BCUT2D eigenvalue weighted by Gasteiger charge is 2.07. The molecule has 0 aliphatic heterocycles. The van der Waals surface area contributed by atoms with E-state index in [4.69, 9.17) is 4.74 Å². The summed E-state index contributed by atoms with van der Waals surface area (Å²) in [5.41, 5.74) is 2.89. The lowest BCUT2D eigenvalue weighted by atomic mass is 10.1. The molecule has 0 unspecified atom stereocenters. The van der Waals surface area contributed by atoms with E-state index in [1.165, 1.54) is 6.26 Å². The highest BCUT2D eigenvalue weighted by molar-refractivity contribution is 7.90. The zero-order valence-electron chi connectivity index (χ0n) is 11.8. The summed E-state index contributed by atoms with van der Waals surface area (Å²) >= 11 is 0. The fraction of sp³-hybridized carbons (Fsp3) is 0.267. The van der Waals surface area contributed by atoms with Crippen LogP contribution < -0.4 is 4.74 Å². The summed E-state index contributed by atoms with van der Waals surface area (Å²) in [4.78, 5) is 4.75. The van der Waals surface area contributed by atoms with Crippen LogP contribution in [0.2, 0.25) is 0 Å². The summed E-state index contributed by atoms with van der Waals surface area (Å²) in [5.74, 6) is 0.621. The van der Waals surface area contributed by atoms with Gasteiger partial charge in [0.2, 0.25) is 5.88 Å². The van der Waals surface area contributed by atoms with Crippen LogP contribution in [0.5, 0.6) is 5.88 Å². The number of aromatic nitrogens is 1. The molecular formula is C15H17NO3S. The number of aryl methyl sites for hydroxylation is 1. The minimum Gasteiger partial charge on any atom is -0.481 e. The number of nitrogens with zero attached hydrogens (tertiary/aromatic N) is 1. The largest absolute Gasteiger partial charge is 0.481 e. The van der Waals surface area contributed by atoms with Gasteiger partial charge in [0.15, 0.2) is 9.84 Å². The van der Waals surface area contributed by atoms with Crippen molar-refractivity contribution in [3.05, 3.63) is 53.2 Å². The topological polar surface area (TPSA) is 56.3 Å². The molecule has 106 valence electrons. The summed E-state index contributed by atoms with van der Waals surface area (Å²) in [6.07, 6.45) is 1.84. The molecule has 2 aromatic rings. The second-order valence-corrected chi connectivity index (χ2v) is 6.74. The Hall–Kier alpha value is -1.88. The normalized spacial score (nSPS) is 11.3. The predicted molar refractivity (Wildman–Crippen MR) is 77.9 cm³/mol. The summed E-state index contributed by atoms with van der Waals surface area (Å²) in [7, 11) is -1.55. The van der Waals surface area contributed by atoms with Crippen molar-refractivity contribution >= 4 is 9.84 Å². The molecule has 0 fully saturated rings. The van der Waals surface area contributed by atoms with Gasteiger partial charge in [-0.1, -0.05) is 18.2 Å². The van der Waals surface area contributed by atoms with E-state index in [0.29, 0.717) is 17.2 Å². The van der Waals surface area contributed by atoms with Crippen LogP contribution in [-0.4, -0.2) is 26.8 Å². The number of methoxy groups -OCH3 is 1. The van der Waals surface area contributed by atoms with Gasteiger partial charge in [0.1, 0.15) is 0 Å². The van der Waals surface area contributed by atoms with Crippen LogP contribution >= 0.6 is 0 Å². The number of rotatable bonds is 4. The first-order chi connectivity index (χ1) is 9.40. The molecule has 0 atom stereocenters. The lowest BCUT2D eigenvalue weighted by molar-refractivity contribution is 0.393. The number of hydrogen-bond donors (Lipinski definition) is 0. The van der Waals surface area contributed by atoms with Gasteiger partial charge in [-0.25, -0.2) is 13.4 Å². The number of ether oxygens (including phenoxy) is 1. The summed E-state index contributed by atoms with van der Waals surface area (Å²) in [6, 6.07) is 10.8. The number of pyridine rings is 1. The van der Waals surface area contributed by atoms with Gasteiger partial charge in [0.05, 0.1) is 12.0 Å². The Bertz CT molecular complexity index is 706. The average Bonchev–Trinajstić information content (AvgIpc) is 2.40. The fourth-order valence-electron chi connectivity index (χ4n) is 1.92. The van der Waals surface area contributed by atoms with Gasteiger partial charge in [0, 0.05) is 23.9 Å². The van der Waals surface area contributed by atoms with E-state index in [1.54, 1.807) is 19.2 Å². The van der Waals surface area contributed by atoms with Gasteiger partial charge < -0.3 is 4.74 Å². The third kappa shape index (κ3) is 3.36. The first-order valence-electron chi connectivity index (χ1n) is 6.19. The Labute approximate surface area is 119 Å². The molecule has 0 N–H and O–H groups in total. The van der Waals surface area contributed by atoms with E-state index in [1.807, 2.05) is 31.2 Å². The van der Waals surface area contributed by atoms with E-state index < -0.39 is 9.84 Å². The standard InChI is InChI=1S/C15H17NO3S/c1-11-4-7-13(16-15(11)19-2)10-12-5-8-14(9-6-12)20(3,17)18/h4-9H,10H2,1-3H3. The second kappa shape index (κ2) is 5.63. The number of hydrogen-bond acceptors (Lipinski definition) is 4. The van der Waals surface area contributed by atoms with Crippen LogP contribution in [0.25, 0.3) is 0 Å². The van der Waals surface area contributed by atoms with Crippen molar-refractivity contribution in [3.63, 3.8) is 0 Å². The average molecular weight is 291 g/mol. The predicted octanol–water partition coefficient (Wildman–Crippen LogP) is 2.39. The van der Waals surface area contributed by atoms with E-state index in [-0.39, 0.29) is 0 Å². The molecule has 0 amide bonds. The van der Waals surface area contributed by atoms with Crippen LogP contribution in [0, 0.1) is 6.92 Å². The molecule has 0 bridgehead atoms. The Morgan fingerprint density at radius 2 is 1.75 bits per heavy atom. The SMILES string of the molecule is COc1nc(Cc2ccc(S(C)(=O)=O)cc2)ccc1C. The maximum atomic E-state index is 11.4. The zero-order chi connectivity index (χ0) is 14.8. The molecule has 0 radical (unpaired) electrons. The van der Waals surface area contributed by atoms with E-state index >= 15 is 0 Å². The van der Waals surface area contributed by atoms with Crippen LogP contribution in [0.15, 0.2) is 41.3 Å². The number of sulfone groups is 1. The fourth-order valence-corrected chi connectivity index (χ4v) is 2.55. The van der Waals surface area contributed by atoms with Crippen molar-refractivity contribution in [1.29, 1.82) is 0 Å². The highest BCUT2D eigenvalue weighted by atomic mass is 32.2. The Kier molecular flexibility index (Phi) is 4.09. The van der Waals surface area contributed by atoms with Crippen LogP contribution in [0.4, 0.5) is 0 Å². The van der Waals surface area contributed by atoms with Crippen LogP contribution in [-0.2, 0) is 16.3 Å². The number of benzene rings is 1. The van der Waals surface area contributed by atoms with Gasteiger partial charge in [-0.2, -0.15) is 0 Å². The van der Waals surface area contributed by atoms with E-state index in [9.17, 15) is 8.42 Å². The molecule has 0 aliphatic carbocycles. The maximum absolute atomic E-state index is 11.4. The van der Waals surface area contributed by atoms with Gasteiger partial charge in [0.25, 0.3) is 0 Å². The maximum Gasteiger partial charge on any atom is 0.216 e. The second-order valence-electron chi connectivity index (χ2n) is 4.72. The lowest BCUT2D eigenvalue weighted by Crippen LogP contribution is -1.99. The third-order valence-corrected chi connectivity index (χ3v) is 4.17. The first kappa shape index (κ1) is 14.5. The molecule has 5 heteroatoms. The molecule has 4 nitrogen and oxygen atoms in total. The summed E-state index contributed by atoms with van der Waals surface area (Å²) in [5, 5.41) is 0. The summed E-state index contributed by atoms with van der Waals surface area (Å²) in [6.45, 7) is 1.94. The molecule has 1 heterocycles. The molecule has 1 aromatic heterocycles. The minimum atomic E-state index is -3.14. The Morgan fingerprint density at radius 1 is 1.10 bits per heavy atom. The molecule has 2 rings (SSSR count). The van der Waals surface area contributed by atoms with Crippen molar-refractivity contribution in [1.82, 2.24) is 4.98 Å². The molecule has 0 aliphatic rings. The quantitative estimate of drug-likeness (QED) is 0.868. The van der Waals surface area contributed by atoms with Gasteiger partial charge in [-0.05, 0) is 30.7 Å². The first-order valence-corrected chi connectivity index (χ1v) is 8.09. The monoisotopic (exact) mass is 291 g/mol. The Balaban J connectivity index is 2.22. The van der Waals surface area contributed by atoms with Crippen LogP contribution in [0.1, 0.15) is 16.8 Å². The van der Waals surface area contributed by atoms with Gasteiger partial charge >= 0.3 is 0 Å². The van der Waals surface area contributed by atoms with Crippen molar-refractivity contribution in [2.75, 3.05) is 13.4 Å². The zero-order valence-corrected chi connectivity index (χ0v) is 12.6. The van der Waals surface area contributed by atoms with Crippen molar-refractivity contribution in [3.8, 4) is 5.88 Å². The smallest absolute Gasteiger partial charge is 0.216 e. The van der Waals surface area contributed by atoms with Crippen molar-refractivity contribution in [2.45, 2.75) is 18.2 Å². The molecule has 20 heavy (non-hydrogen) atoms. The van der Waals surface area contributed by atoms with Crippen LogP contribution in [0.3, 0.4) is 0 Å². The molecule has 0 saturated carbocycles. The molecule has 0 spiro atoms. The molecular weight excluding hydrogens is 274 g/mol. The minimum absolute atomic E-state index is 0.329. The summed E-state index contributed by atoms with van der Waals surface area (Å²) < 4.78 is 28.0. The highest BCUT2D eigenvalue weighted by Crippen LogP contribution is 2.17. The van der Waals surface area contributed by atoms with Gasteiger partial charge in [-0.15, -0.1) is 0 Å². The lowest BCUT2D eigenvalue weighted by Gasteiger charge is -2.07. The third-order valence-electron chi connectivity index (χ3n) is 3.04. The Morgan fingerprint density at radius 3 is 2.30 bits per heavy atom. The van der Waals surface area contributed by atoms with Crippen molar-refractivity contribution < 1.29 is 13.2 Å². The molecule has 1 aromatic carbocycles. The van der Waals surface area contributed by atoms with E-state index in [2.05, 4.69) is 4.98 Å². The molecule has 0 saturated heterocycles. The van der Waals surface area contributed by atoms with E-state index in [0.717, 1.165) is 16.8 Å². The van der Waals surface area contributed by atoms with Gasteiger partial charge in [-0.3, -0.25) is 0 Å².